The van der Waals surface area contributed by atoms with Crippen LogP contribution in [-0.4, -0.2) is 52.2 Å². The van der Waals surface area contributed by atoms with Gasteiger partial charge in [-0.1, -0.05) is 63.6 Å². The number of hydrogen-bond donors (Lipinski definition) is 4. The number of carboxylic acids is 1. The van der Waals surface area contributed by atoms with E-state index in [2.05, 4.69) is 10.6 Å². The van der Waals surface area contributed by atoms with Gasteiger partial charge in [0.15, 0.2) is 0 Å². The van der Waals surface area contributed by atoms with Crippen LogP contribution in [0.3, 0.4) is 0 Å². The van der Waals surface area contributed by atoms with Crippen molar-refractivity contribution < 1.29 is 24.6 Å². The maximum Gasteiger partial charge on any atom is 0.335 e. The van der Waals surface area contributed by atoms with Crippen molar-refractivity contribution >= 4 is 29.5 Å². The monoisotopic (exact) mass is 515 g/mol. The lowest BCUT2D eigenvalue weighted by atomic mass is 9.66. The fraction of sp³-hybridized carbons (Fsp3) is 0.444. The Bertz CT molecular complexity index is 1120. The largest absolute Gasteiger partial charge is 0.478 e. The van der Waals surface area contributed by atoms with Gasteiger partial charge in [0, 0.05) is 30.1 Å². The standard InChI is InChI=1S/C27H34ClN3O5/c1-17(2)22(30-25(35)29-15-18-6-5-7-19(14-18)24(33)34)23(32)31-13-12-27(36,26(3,4)16-31)20-8-10-21(28)11-9-20/h5-11,14,17,22,36H,12-13,15-16H2,1-4H3,(H,33,34)(H2,29,30,35)/t22-,27+/m1/s1. The van der Waals surface area contributed by atoms with Gasteiger partial charge in [-0.05, 0) is 47.7 Å². The van der Waals surface area contributed by atoms with E-state index in [1.165, 1.54) is 12.1 Å². The van der Waals surface area contributed by atoms with Crippen molar-refractivity contribution in [1.29, 1.82) is 0 Å². The highest BCUT2D eigenvalue weighted by molar-refractivity contribution is 6.30. The fourth-order valence-electron chi connectivity index (χ4n) is 4.67. The van der Waals surface area contributed by atoms with E-state index in [1.54, 1.807) is 29.2 Å². The number of amides is 3. The molecule has 1 heterocycles. The zero-order chi connectivity index (χ0) is 26.7. The number of halogens is 1. The number of likely N-dealkylation sites (tertiary alicyclic amines) is 1. The van der Waals surface area contributed by atoms with Crippen LogP contribution in [-0.2, 0) is 16.9 Å². The minimum absolute atomic E-state index is 0.122. The Balaban J connectivity index is 1.66. The molecule has 8 nitrogen and oxygen atoms in total. The van der Waals surface area contributed by atoms with Gasteiger partial charge >= 0.3 is 12.0 Å². The minimum atomic E-state index is -1.13. The Morgan fingerprint density at radius 3 is 2.36 bits per heavy atom. The van der Waals surface area contributed by atoms with Crippen molar-refractivity contribution in [1.82, 2.24) is 15.5 Å². The number of carbonyl (C=O) groups is 3. The molecule has 1 fully saturated rings. The van der Waals surface area contributed by atoms with Crippen molar-refractivity contribution in [2.24, 2.45) is 11.3 Å². The third kappa shape index (κ3) is 5.99. The first-order valence-electron chi connectivity index (χ1n) is 12.0. The number of carbonyl (C=O) groups excluding carboxylic acids is 2. The molecule has 2 aromatic rings. The van der Waals surface area contributed by atoms with Gasteiger partial charge in [0.05, 0.1) is 11.2 Å². The molecule has 0 bridgehead atoms. The first-order valence-corrected chi connectivity index (χ1v) is 12.4. The number of carboxylic acid groups (broad SMARTS) is 1. The van der Waals surface area contributed by atoms with Crippen LogP contribution in [0.25, 0.3) is 0 Å². The number of aliphatic hydroxyl groups is 1. The van der Waals surface area contributed by atoms with E-state index < -0.39 is 29.1 Å². The topological polar surface area (TPSA) is 119 Å². The summed E-state index contributed by atoms with van der Waals surface area (Å²) in [6.07, 6.45) is 0.351. The van der Waals surface area contributed by atoms with Gasteiger partial charge in [-0.15, -0.1) is 0 Å². The Morgan fingerprint density at radius 2 is 1.78 bits per heavy atom. The van der Waals surface area contributed by atoms with Crippen LogP contribution >= 0.6 is 11.6 Å². The second-order valence-electron chi connectivity index (χ2n) is 10.3. The molecule has 1 aliphatic rings. The molecule has 36 heavy (non-hydrogen) atoms. The van der Waals surface area contributed by atoms with E-state index in [0.29, 0.717) is 30.1 Å². The molecule has 1 saturated heterocycles. The summed E-state index contributed by atoms with van der Waals surface area (Å²) in [6.45, 7) is 8.36. The van der Waals surface area contributed by atoms with Crippen LogP contribution in [0, 0.1) is 11.3 Å². The summed E-state index contributed by atoms with van der Waals surface area (Å²) >= 11 is 6.02. The van der Waals surface area contributed by atoms with E-state index in [0.717, 1.165) is 5.56 Å². The van der Waals surface area contributed by atoms with Gasteiger partial charge in [-0.25, -0.2) is 9.59 Å². The van der Waals surface area contributed by atoms with Crippen molar-refractivity contribution in [2.45, 2.75) is 52.3 Å². The molecule has 3 amide bonds. The summed E-state index contributed by atoms with van der Waals surface area (Å²) in [6, 6.07) is 12.2. The summed E-state index contributed by atoms with van der Waals surface area (Å²) in [5.41, 5.74) is -0.244. The second-order valence-corrected chi connectivity index (χ2v) is 10.8. The average molecular weight is 516 g/mol. The van der Waals surface area contributed by atoms with Crippen molar-refractivity contribution in [3.8, 4) is 0 Å². The smallest absolute Gasteiger partial charge is 0.335 e. The highest BCUT2D eigenvalue weighted by Crippen LogP contribution is 2.46. The molecule has 0 saturated carbocycles. The predicted molar refractivity (Wildman–Crippen MR) is 138 cm³/mol. The van der Waals surface area contributed by atoms with Gasteiger partial charge in [0.1, 0.15) is 6.04 Å². The molecule has 0 unspecified atom stereocenters. The van der Waals surface area contributed by atoms with E-state index in [9.17, 15) is 19.5 Å². The lowest BCUT2D eigenvalue weighted by Gasteiger charge is -2.51. The SMILES string of the molecule is CC(C)[C@@H](NC(=O)NCc1cccc(C(=O)O)c1)C(=O)N1CC[C@](O)(c2ccc(Cl)cc2)C(C)(C)C1. The van der Waals surface area contributed by atoms with Crippen LogP contribution in [0.15, 0.2) is 48.5 Å². The maximum atomic E-state index is 13.5. The summed E-state index contributed by atoms with van der Waals surface area (Å²) in [4.78, 5) is 38.9. The van der Waals surface area contributed by atoms with Gasteiger partial charge < -0.3 is 25.7 Å². The van der Waals surface area contributed by atoms with Gasteiger partial charge in [-0.3, -0.25) is 4.79 Å². The first-order chi connectivity index (χ1) is 16.8. The number of nitrogens with one attached hydrogen (secondary N) is 2. The number of nitrogens with zero attached hydrogens (tertiary/aromatic N) is 1. The Morgan fingerprint density at radius 1 is 1.11 bits per heavy atom. The highest BCUT2D eigenvalue weighted by Gasteiger charge is 2.50. The second kappa shape index (κ2) is 10.9. The number of benzene rings is 2. The summed E-state index contributed by atoms with van der Waals surface area (Å²) in [7, 11) is 0. The molecule has 2 aromatic carbocycles. The van der Waals surface area contributed by atoms with Crippen molar-refractivity contribution in [2.75, 3.05) is 13.1 Å². The molecule has 194 valence electrons. The molecular formula is C27H34ClN3O5. The molecule has 2 atom stereocenters. The van der Waals surface area contributed by atoms with Crippen molar-refractivity contribution in [3.63, 3.8) is 0 Å². The predicted octanol–water partition coefficient (Wildman–Crippen LogP) is 4.01. The van der Waals surface area contributed by atoms with E-state index in [1.807, 2.05) is 39.8 Å². The van der Waals surface area contributed by atoms with Gasteiger partial charge in [-0.2, -0.15) is 0 Å². The van der Waals surface area contributed by atoms with Crippen molar-refractivity contribution in [3.05, 3.63) is 70.2 Å². The summed E-state index contributed by atoms with van der Waals surface area (Å²) in [5, 5.41) is 26.8. The lowest BCUT2D eigenvalue weighted by Crippen LogP contribution is -2.61. The molecule has 0 aliphatic carbocycles. The first kappa shape index (κ1) is 27.5. The normalized spacial score (nSPS) is 20.0. The van der Waals surface area contributed by atoms with Crippen LogP contribution in [0.4, 0.5) is 4.79 Å². The number of piperidine rings is 1. The molecule has 3 rings (SSSR count). The van der Waals surface area contributed by atoms with Gasteiger partial charge in [0.2, 0.25) is 5.91 Å². The average Bonchev–Trinajstić information content (AvgIpc) is 2.82. The van der Waals surface area contributed by atoms with Crippen LogP contribution < -0.4 is 10.6 Å². The number of aromatic carboxylic acids is 1. The molecule has 0 radical (unpaired) electrons. The molecule has 0 spiro atoms. The lowest BCUT2D eigenvalue weighted by molar-refractivity contribution is -0.155. The van der Waals surface area contributed by atoms with Gasteiger partial charge in [0.25, 0.3) is 0 Å². The zero-order valence-corrected chi connectivity index (χ0v) is 21.8. The van der Waals surface area contributed by atoms with Crippen LogP contribution in [0.5, 0.6) is 0 Å². The maximum absolute atomic E-state index is 13.5. The quantitative estimate of drug-likeness (QED) is 0.444. The Hall–Kier alpha value is -3.10. The minimum Gasteiger partial charge on any atom is -0.478 e. The van der Waals surface area contributed by atoms with Crippen LogP contribution in [0.1, 0.15) is 55.6 Å². The Kier molecular flexibility index (Phi) is 8.31. The Labute approximate surface area is 216 Å². The highest BCUT2D eigenvalue weighted by atomic mass is 35.5. The molecule has 9 heteroatoms. The third-order valence-corrected chi connectivity index (χ3v) is 7.18. The number of hydrogen-bond acceptors (Lipinski definition) is 4. The molecule has 1 aliphatic heterocycles. The van der Waals surface area contributed by atoms with E-state index in [4.69, 9.17) is 16.7 Å². The summed E-state index contributed by atoms with van der Waals surface area (Å²) < 4.78 is 0. The fourth-order valence-corrected chi connectivity index (χ4v) is 4.80. The number of urea groups is 1. The van der Waals surface area contributed by atoms with E-state index >= 15 is 0 Å². The van der Waals surface area contributed by atoms with Crippen LogP contribution in [0.2, 0.25) is 5.02 Å². The summed E-state index contributed by atoms with van der Waals surface area (Å²) in [5.74, 6) is -1.42. The van der Waals surface area contributed by atoms with E-state index in [-0.39, 0.29) is 23.9 Å². The third-order valence-electron chi connectivity index (χ3n) is 6.93. The molecule has 0 aromatic heterocycles. The zero-order valence-electron chi connectivity index (χ0n) is 21.0. The number of rotatable bonds is 7. The molecular weight excluding hydrogens is 482 g/mol. The molecule has 4 N–H and O–H groups in total.